The molecule has 0 atom stereocenters. The lowest BCUT2D eigenvalue weighted by molar-refractivity contribution is 1.15. The Balaban J connectivity index is 1.38. The fourth-order valence-corrected chi connectivity index (χ4v) is 7.56. The zero-order valence-corrected chi connectivity index (χ0v) is 23.9. The average Bonchev–Trinajstić information content (AvgIpc) is 3.61. The van der Waals surface area contributed by atoms with E-state index in [2.05, 4.69) is 167 Å². The normalized spacial score (nSPS) is 12.1. The van der Waals surface area contributed by atoms with E-state index in [0.29, 0.717) is 0 Å². The van der Waals surface area contributed by atoms with Crippen LogP contribution in [0.4, 0.5) is 0 Å². The van der Waals surface area contributed by atoms with Gasteiger partial charge in [0.2, 0.25) is 0 Å². The van der Waals surface area contributed by atoms with Gasteiger partial charge in [-0.1, -0.05) is 121 Å². The molecule has 2 heteroatoms. The summed E-state index contributed by atoms with van der Waals surface area (Å²) in [6.07, 6.45) is 0. The number of rotatable bonds is 2. The van der Waals surface area contributed by atoms with Crippen molar-refractivity contribution in [3.63, 3.8) is 0 Å². The SMILES string of the molecule is c1ccc2cc(-n3c4ccccc4n4c5ccccc5c(-c5ccc6c7ccccc7c7ccccc7c6c5)c34)ccc2c1. The highest BCUT2D eigenvalue weighted by Gasteiger charge is 2.23. The quantitative estimate of drug-likeness (QED) is 0.187. The third kappa shape index (κ3) is 3.14. The molecule has 0 saturated carbocycles. The van der Waals surface area contributed by atoms with Crippen molar-refractivity contribution in [2.45, 2.75) is 0 Å². The van der Waals surface area contributed by atoms with E-state index in [1.165, 1.54) is 81.8 Å². The van der Waals surface area contributed by atoms with Crippen molar-refractivity contribution >= 4 is 70.7 Å². The molecule has 0 fully saturated rings. The lowest BCUT2D eigenvalue weighted by atomic mass is 9.92. The van der Waals surface area contributed by atoms with Crippen molar-refractivity contribution in [2.75, 3.05) is 0 Å². The van der Waals surface area contributed by atoms with Crippen LogP contribution in [-0.4, -0.2) is 8.97 Å². The maximum absolute atomic E-state index is 2.46. The van der Waals surface area contributed by atoms with E-state index >= 15 is 0 Å². The minimum atomic E-state index is 1.16. The van der Waals surface area contributed by atoms with Gasteiger partial charge in [-0.15, -0.1) is 0 Å². The van der Waals surface area contributed by atoms with Crippen molar-refractivity contribution in [3.8, 4) is 16.8 Å². The number of imidazole rings is 1. The molecule has 10 aromatic rings. The number of fused-ring (bicyclic) bond motifs is 12. The molecule has 2 heterocycles. The first kappa shape index (κ1) is 23.7. The van der Waals surface area contributed by atoms with Crippen LogP contribution in [0.5, 0.6) is 0 Å². The molecule has 0 aliphatic carbocycles. The highest BCUT2D eigenvalue weighted by molar-refractivity contribution is 6.26. The monoisotopic (exact) mass is 558 g/mol. The van der Waals surface area contributed by atoms with E-state index in [1.807, 2.05) is 0 Å². The number of hydrogen-bond acceptors (Lipinski definition) is 0. The maximum Gasteiger partial charge on any atom is 0.131 e. The van der Waals surface area contributed by atoms with Crippen molar-refractivity contribution in [3.05, 3.63) is 158 Å². The number of para-hydroxylation sites is 3. The molecule has 2 nitrogen and oxygen atoms in total. The second-order valence-corrected chi connectivity index (χ2v) is 11.8. The Kier molecular flexibility index (Phi) is 4.75. The van der Waals surface area contributed by atoms with E-state index in [0.717, 1.165) is 5.69 Å². The Bertz CT molecular complexity index is 2740. The van der Waals surface area contributed by atoms with Gasteiger partial charge < -0.3 is 0 Å². The zero-order chi connectivity index (χ0) is 28.8. The van der Waals surface area contributed by atoms with E-state index in [4.69, 9.17) is 0 Å². The molecular formula is C42H26N2. The van der Waals surface area contributed by atoms with Crippen LogP contribution in [-0.2, 0) is 0 Å². The van der Waals surface area contributed by atoms with Crippen molar-refractivity contribution in [2.24, 2.45) is 0 Å². The van der Waals surface area contributed by atoms with Crippen molar-refractivity contribution in [1.29, 1.82) is 0 Å². The van der Waals surface area contributed by atoms with Crippen LogP contribution in [0, 0.1) is 0 Å². The lowest BCUT2D eigenvalue weighted by Gasteiger charge is -2.13. The minimum Gasteiger partial charge on any atom is -0.293 e. The molecule has 0 amide bonds. The third-order valence-electron chi connectivity index (χ3n) is 9.45. The van der Waals surface area contributed by atoms with Gasteiger partial charge in [0.05, 0.1) is 16.6 Å². The summed E-state index contributed by atoms with van der Waals surface area (Å²) >= 11 is 0. The maximum atomic E-state index is 2.46. The van der Waals surface area contributed by atoms with Gasteiger partial charge >= 0.3 is 0 Å². The molecule has 8 aromatic carbocycles. The molecule has 0 spiro atoms. The first-order chi connectivity index (χ1) is 21.8. The largest absolute Gasteiger partial charge is 0.293 e. The fraction of sp³-hybridized carbons (Fsp3) is 0. The Morgan fingerprint density at radius 3 is 1.61 bits per heavy atom. The molecule has 0 unspecified atom stereocenters. The molecular weight excluding hydrogens is 532 g/mol. The van der Waals surface area contributed by atoms with Crippen LogP contribution >= 0.6 is 0 Å². The number of aromatic nitrogens is 2. The third-order valence-corrected chi connectivity index (χ3v) is 9.45. The van der Waals surface area contributed by atoms with Gasteiger partial charge in [0.1, 0.15) is 5.65 Å². The first-order valence-electron chi connectivity index (χ1n) is 15.2. The van der Waals surface area contributed by atoms with Crippen molar-refractivity contribution < 1.29 is 0 Å². The van der Waals surface area contributed by atoms with Crippen molar-refractivity contribution in [1.82, 2.24) is 8.97 Å². The van der Waals surface area contributed by atoms with Crippen LogP contribution in [0.1, 0.15) is 0 Å². The summed E-state index contributed by atoms with van der Waals surface area (Å²) in [7, 11) is 0. The second kappa shape index (κ2) is 8.82. The summed E-state index contributed by atoms with van der Waals surface area (Å²) in [5.41, 5.74) is 8.45. The molecule has 0 bridgehead atoms. The van der Waals surface area contributed by atoms with Gasteiger partial charge in [-0.2, -0.15) is 0 Å². The van der Waals surface area contributed by atoms with Crippen LogP contribution in [0.15, 0.2) is 158 Å². The number of hydrogen-bond donors (Lipinski definition) is 0. The van der Waals surface area contributed by atoms with E-state index < -0.39 is 0 Å². The van der Waals surface area contributed by atoms with Crippen LogP contribution in [0.2, 0.25) is 0 Å². The Labute approximate surface area is 253 Å². The summed E-state index contributed by atoms with van der Waals surface area (Å²) in [6.45, 7) is 0. The summed E-state index contributed by atoms with van der Waals surface area (Å²) in [6, 6.07) is 57.8. The van der Waals surface area contributed by atoms with Crippen LogP contribution in [0.3, 0.4) is 0 Å². The molecule has 0 saturated heterocycles. The Morgan fingerprint density at radius 1 is 0.341 bits per heavy atom. The molecule has 10 rings (SSSR count). The van der Waals surface area contributed by atoms with Gasteiger partial charge in [-0.25, -0.2) is 0 Å². The average molecular weight is 559 g/mol. The molecule has 2 aromatic heterocycles. The van der Waals surface area contributed by atoms with Gasteiger partial charge in [0, 0.05) is 16.6 Å². The van der Waals surface area contributed by atoms with Crippen LogP contribution < -0.4 is 0 Å². The minimum absolute atomic E-state index is 1.16. The summed E-state index contributed by atoms with van der Waals surface area (Å²) < 4.78 is 4.91. The smallest absolute Gasteiger partial charge is 0.131 e. The molecule has 204 valence electrons. The van der Waals surface area contributed by atoms with Crippen LogP contribution in [0.25, 0.3) is 87.5 Å². The van der Waals surface area contributed by atoms with Gasteiger partial charge in [0.25, 0.3) is 0 Å². The van der Waals surface area contributed by atoms with E-state index in [-0.39, 0.29) is 0 Å². The molecule has 44 heavy (non-hydrogen) atoms. The predicted molar refractivity (Wildman–Crippen MR) is 187 cm³/mol. The topological polar surface area (TPSA) is 9.34 Å². The predicted octanol–water partition coefficient (Wildman–Crippen LogP) is 11.3. The number of nitrogens with zero attached hydrogens (tertiary/aromatic N) is 2. The molecule has 0 radical (unpaired) electrons. The standard InChI is InChI=1S/C42H26N2/c1-2-12-28-25-30(23-21-27(28)11-1)43-39-19-9-10-20-40(39)44-38-18-8-7-17-36(38)41(42(43)44)29-22-24-35-33-15-4-3-13-31(33)32-14-5-6-16-34(32)37(35)26-29/h1-26H. The highest BCUT2D eigenvalue weighted by atomic mass is 15.1. The van der Waals surface area contributed by atoms with Gasteiger partial charge in [-0.3, -0.25) is 8.97 Å². The van der Waals surface area contributed by atoms with E-state index in [9.17, 15) is 0 Å². The lowest BCUT2D eigenvalue weighted by Crippen LogP contribution is -1.95. The number of benzene rings is 8. The molecule has 0 aliphatic rings. The molecule has 0 N–H and O–H groups in total. The summed E-state index contributed by atoms with van der Waals surface area (Å²) in [4.78, 5) is 0. The second-order valence-electron chi connectivity index (χ2n) is 11.8. The zero-order valence-electron chi connectivity index (χ0n) is 23.9. The van der Waals surface area contributed by atoms with Gasteiger partial charge in [-0.05, 0) is 85.1 Å². The van der Waals surface area contributed by atoms with E-state index in [1.54, 1.807) is 0 Å². The first-order valence-corrected chi connectivity index (χ1v) is 15.2. The summed E-state index contributed by atoms with van der Waals surface area (Å²) in [5, 5.41) is 11.5. The highest BCUT2D eigenvalue weighted by Crippen LogP contribution is 2.43. The van der Waals surface area contributed by atoms with Gasteiger partial charge in [0.15, 0.2) is 0 Å². The Hall–Kier alpha value is -5.86. The Morgan fingerprint density at radius 2 is 0.886 bits per heavy atom. The summed E-state index contributed by atoms with van der Waals surface area (Å²) in [5.74, 6) is 0. The fourth-order valence-electron chi connectivity index (χ4n) is 7.56. The molecule has 0 aliphatic heterocycles.